The number of halogens is 4. The van der Waals surface area contributed by atoms with Crippen molar-refractivity contribution in [2.45, 2.75) is 6.36 Å². The van der Waals surface area contributed by atoms with Crippen molar-refractivity contribution in [2.75, 3.05) is 5.73 Å². The molecule has 0 atom stereocenters. The van der Waals surface area contributed by atoms with Gasteiger partial charge in [-0.3, -0.25) is 0 Å². The summed E-state index contributed by atoms with van der Waals surface area (Å²) in [5, 5.41) is 8.68. The van der Waals surface area contributed by atoms with E-state index in [4.69, 9.17) is 10.8 Å². The van der Waals surface area contributed by atoms with Crippen molar-refractivity contribution < 1.29 is 27.8 Å². The van der Waals surface area contributed by atoms with Crippen LogP contribution in [-0.4, -0.2) is 17.4 Å². The molecule has 4 nitrogen and oxygen atoms in total. The van der Waals surface area contributed by atoms with Crippen molar-refractivity contribution >= 4 is 27.6 Å². The fourth-order valence-corrected chi connectivity index (χ4v) is 1.42. The van der Waals surface area contributed by atoms with Gasteiger partial charge < -0.3 is 15.6 Å². The zero-order valence-corrected chi connectivity index (χ0v) is 9.09. The Kier molecular flexibility index (Phi) is 3.32. The van der Waals surface area contributed by atoms with Crippen molar-refractivity contribution in [2.24, 2.45) is 0 Å². The van der Waals surface area contributed by atoms with E-state index in [9.17, 15) is 18.0 Å². The number of ether oxygens (including phenoxy) is 1. The van der Waals surface area contributed by atoms with E-state index < -0.39 is 29.3 Å². The van der Waals surface area contributed by atoms with Crippen LogP contribution in [0.15, 0.2) is 16.6 Å². The number of alkyl halides is 3. The second kappa shape index (κ2) is 4.20. The van der Waals surface area contributed by atoms with E-state index in [0.717, 1.165) is 12.1 Å². The molecular weight excluding hydrogens is 295 g/mol. The van der Waals surface area contributed by atoms with Gasteiger partial charge in [0.05, 0.1) is 11.3 Å². The minimum absolute atomic E-state index is 0.123. The Labute approximate surface area is 95.9 Å². The second-order valence-electron chi connectivity index (χ2n) is 2.72. The molecule has 3 N–H and O–H groups in total. The van der Waals surface area contributed by atoms with Gasteiger partial charge >= 0.3 is 12.3 Å². The predicted molar refractivity (Wildman–Crippen MR) is 52.2 cm³/mol. The van der Waals surface area contributed by atoms with E-state index in [1.165, 1.54) is 0 Å². The number of benzene rings is 1. The van der Waals surface area contributed by atoms with E-state index in [1.54, 1.807) is 0 Å². The van der Waals surface area contributed by atoms with Crippen LogP contribution in [0.25, 0.3) is 0 Å². The average molecular weight is 300 g/mol. The van der Waals surface area contributed by atoms with Crippen LogP contribution >= 0.6 is 15.9 Å². The van der Waals surface area contributed by atoms with E-state index in [1.807, 2.05) is 0 Å². The van der Waals surface area contributed by atoms with Crippen molar-refractivity contribution in [1.29, 1.82) is 0 Å². The highest BCUT2D eigenvalue weighted by atomic mass is 79.9. The van der Waals surface area contributed by atoms with Gasteiger partial charge in [-0.25, -0.2) is 4.79 Å². The zero-order chi connectivity index (χ0) is 12.5. The first-order chi connectivity index (χ1) is 7.20. The number of carboxylic acid groups (broad SMARTS) is 1. The van der Waals surface area contributed by atoms with Gasteiger partial charge in [-0.05, 0) is 12.1 Å². The van der Waals surface area contributed by atoms with Gasteiger partial charge in [-0.1, -0.05) is 15.9 Å². The summed E-state index contributed by atoms with van der Waals surface area (Å²) in [5.41, 5.74) is 4.19. The largest absolute Gasteiger partial charge is 0.573 e. The predicted octanol–water partition coefficient (Wildman–Crippen LogP) is 2.63. The highest BCUT2D eigenvalue weighted by Gasteiger charge is 2.32. The monoisotopic (exact) mass is 299 g/mol. The number of carboxylic acids is 1. The Morgan fingerprint density at radius 2 is 2.00 bits per heavy atom. The highest BCUT2D eigenvalue weighted by molar-refractivity contribution is 9.10. The maximum Gasteiger partial charge on any atom is 0.573 e. The number of nitrogen functional groups attached to an aromatic ring is 1. The molecule has 0 fully saturated rings. The first-order valence-corrected chi connectivity index (χ1v) is 4.58. The van der Waals surface area contributed by atoms with Crippen molar-refractivity contribution in [3.8, 4) is 5.75 Å². The molecule has 16 heavy (non-hydrogen) atoms. The van der Waals surface area contributed by atoms with E-state index in [0.29, 0.717) is 0 Å². The standard InChI is InChI=1S/C8H5BrF3NO3/c9-3-1-4(7(14)15)6(13)5(2-3)16-8(10,11)12/h1-2H,13H2,(H,14,15). The third kappa shape index (κ3) is 3.02. The minimum Gasteiger partial charge on any atom is -0.478 e. The van der Waals surface area contributed by atoms with Crippen LogP contribution in [0, 0.1) is 0 Å². The van der Waals surface area contributed by atoms with Crippen LogP contribution in [0.1, 0.15) is 10.4 Å². The molecule has 1 aromatic rings. The van der Waals surface area contributed by atoms with Gasteiger partial charge in [-0.2, -0.15) is 0 Å². The fraction of sp³-hybridized carbons (Fsp3) is 0.125. The normalized spacial score (nSPS) is 11.2. The third-order valence-corrected chi connectivity index (χ3v) is 2.02. The van der Waals surface area contributed by atoms with Gasteiger partial charge in [0.25, 0.3) is 0 Å². The van der Waals surface area contributed by atoms with Gasteiger partial charge in [-0.15, -0.1) is 13.2 Å². The molecule has 0 aromatic heterocycles. The molecule has 88 valence electrons. The SMILES string of the molecule is Nc1c(OC(F)(F)F)cc(Br)cc1C(=O)O. The molecule has 1 aromatic carbocycles. The fourth-order valence-electron chi connectivity index (χ4n) is 0.979. The topological polar surface area (TPSA) is 72.5 Å². The van der Waals surface area contributed by atoms with Crippen LogP contribution in [0.5, 0.6) is 5.75 Å². The quantitative estimate of drug-likeness (QED) is 0.824. The summed E-state index contributed by atoms with van der Waals surface area (Å²) >= 11 is 2.86. The number of hydrogen-bond acceptors (Lipinski definition) is 3. The molecule has 0 spiro atoms. The van der Waals surface area contributed by atoms with E-state index in [-0.39, 0.29) is 4.47 Å². The number of aromatic carboxylic acids is 1. The zero-order valence-electron chi connectivity index (χ0n) is 7.51. The molecule has 0 saturated heterocycles. The van der Waals surface area contributed by atoms with E-state index in [2.05, 4.69) is 20.7 Å². The Hall–Kier alpha value is -1.44. The van der Waals surface area contributed by atoms with E-state index >= 15 is 0 Å². The third-order valence-electron chi connectivity index (χ3n) is 1.56. The maximum absolute atomic E-state index is 11.9. The molecule has 0 aliphatic rings. The second-order valence-corrected chi connectivity index (χ2v) is 3.63. The molecule has 0 amide bonds. The van der Waals surface area contributed by atoms with Crippen LogP contribution in [-0.2, 0) is 0 Å². The van der Waals surface area contributed by atoms with Crippen LogP contribution < -0.4 is 10.5 Å². The van der Waals surface area contributed by atoms with Crippen molar-refractivity contribution in [1.82, 2.24) is 0 Å². The molecule has 0 aliphatic carbocycles. The molecule has 0 bridgehead atoms. The van der Waals surface area contributed by atoms with Gasteiger partial charge in [0.2, 0.25) is 0 Å². The molecule has 0 aliphatic heterocycles. The smallest absolute Gasteiger partial charge is 0.478 e. The summed E-state index contributed by atoms with van der Waals surface area (Å²) in [6.07, 6.45) is -4.93. The Morgan fingerprint density at radius 3 is 2.44 bits per heavy atom. The molecule has 1 rings (SSSR count). The molecule has 0 radical (unpaired) electrons. The minimum atomic E-state index is -4.93. The summed E-state index contributed by atoms with van der Waals surface area (Å²) in [7, 11) is 0. The van der Waals surface area contributed by atoms with Crippen LogP contribution in [0.2, 0.25) is 0 Å². The number of carbonyl (C=O) groups is 1. The van der Waals surface area contributed by atoms with Gasteiger partial charge in [0.1, 0.15) is 0 Å². The maximum atomic E-state index is 11.9. The Bertz CT molecular complexity index is 433. The summed E-state index contributed by atoms with van der Waals surface area (Å²) in [5.74, 6) is -2.19. The lowest BCUT2D eigenvalue weighted by atomic mass is 10.1. The number of anilines is 1. The number of rotatable bonds is 2. The number of hydrogen-bond donors (Lipinski definition) is 2. The van der Waals surface area contributed by atoms with Crippen LogP contribution in [0.4, 0.5) is 18.9 Å². The van der Waals surface area contributed by atoms with Gasteiger partial charge in [0, 0.05) is 4.47 Å². The van der Waals surface area contributed by atoms with Crippen LogP contribution in [0.3, 0.4) is 0 Å². The van der Waals surface area contributed by atoms with Crippen molar-refractivity contribution in [3.63, 3.8) is 0 Å². The lowest BCUT2D eigenvalue weighted by Gasteiger charge is -2.12. The number of nitrogens with two attached hydrogens (primary N) is 1. The molecule has 0 saturated carbocycles. The molecule has 8 heteroatoms. The lowest BCUT2D eigenvalue weighted by molar-refractivity contribution is -0.274. The molecule has 0 heterocycles. The summed E-state index contributed by atoms with van der Waals surface area (Å²) < 4.78 is 39.5. The Balaban J connectivity index is 3.25. The molecular formula is C8H5BrF3NO3. The Morgan fingerprint density at radius 1 is 1.44 bits per heavy atom. The summed E-state index contributed by atoms with van der Waals surface area (Å²) in [6.45, 7) is 0. The molecule has 0 unspecified atom stereocenters. The first kappa shape index (κ1) is 12.6. The van der Waals surface area contributed by atoms with Gasteiger partial charge in [0.15, 0.2) is 5.75 Å². The van der Waals surface area contributed by atoms with Crippen molar-refractivity contribution in [3.05, 3.63) is 22.2 Å². The highest BCUT2D eigenvalue weighted by Crippen LogP contribution is 2.33. The summed E-state index contributed by atoms with van der Waals surface area (Å²) in [6, 6.07) is 2.02. The lowest BCUT2D eigenvalue weighted by Crippen LogP contribution is -2.19. The average Bonchev–Trinajstić information content (AvgIpc) is 2.07. The summed E-state index contributed by atoms with van der Waals surface area (Å²) in [4.78, 5) is 10.7. The first-order valence-electron chi connectivity index (χ1n) is 3.79.